The fourth-order valence-corrected chi connectivity index (χ4v) is 6.48. The van der Waals surface area contributed by atoms with E-state index in [1.165, 1.54) is 77.0 Å². The molecule has 0 aromatic carbocycles. The number of esters is 2. The molecule has 11 nitrogen and oxygen atoms in total. The van der Waals surface area contributed by atoms with Crippen LogP contribution >= 0.6 is 7.82 Å². The topological polar surface area (TPSA) is 172 Å². The zero-order chi connectivity index (χ0) is 42.8. The minimum Gasteiger partial charge on any atom is -0.480 e. The molecule has 0 aliphatic heterocycles. The number of carbonyl (C=O) groups excluding carboxylic acids is 2. The molecule has 0 fully saturated rings. The molecule has 0 bridgehead atoms. The molecule has 0 rings (SSSR count). The summed E-state index contributed by atoms with van der Waals surface area (Å²) in [6.07, 6.45) is 47.3. The van der Waals surface area contributed by atoms with Gasteiger partial charge in [-0.2, -0.15) is 0 Å². The maximum absolute atomic E-state index is 12.6. The Hall–Kier alpha value is -2.82. The fraction of sp³-hybridized carbons (Fsp3) is 0.717. The number of unbranched alkanes of at least 4 members (excludes halogenated alkanes) is 17. The van der Waals surface area contributed by atoms with Crippen molar-refractivity contribution in [1.29, 1.82) is 0 Å². The number of ether oxygens (including phenoxy) is 2. The summed E-state index contributed by atoms with van der Waals surface area (Å²) in [7, 11) is -4.73. The quantitative estimate of drug-likeness (QED) is 0.0231. The number of nitrogens with two attached hydrogens (primary N) is 1. The largest absolute Gasteiger partial charge is 0.480 e. The third kappa shape index (κ3) is 40.0. The van der Waals surface area contributed by atoms with Gasteiger partial charge in [-0.3, -0.25) is 23.4 Å². The average Bonchev–Trinajstić information content (AvgIpc) is 3.20. The highest BCUT2D eigenvalue weighted by Gasteiger charge is 2.28. The van der Waals surface area contributed by atoms with E-state index in [9.17, 15) is 23.8 Å². The fourth-order valence-electron chi connectivity index (χ4n) is 5.70. The van der Waals surface area contributed by atoms with Crippen LogP contribution in [0.2, 0.25) is 0 Å². The third-order valence-corrected chi connectivity index (χ3v) is 10.2. The molecule has 0 amide bonds. The van der Waals surface area contributed by atoms with E-state index in [1.807, 2.05) is 6.08 Å². The highest BCUT2D eigenvalue weighted by Crippen LogP contribution is 2.43. The summed E-state index contributed by atoms with van der Waals surface area (Å²) in [4.78, 5) is 45.9. The molecule has 0 aliphatic rings. The van der Waals surface area contributed by atoms with Crippen molar-refractivity contribution in [3.05, 3.63) is 60.8 Å². The molecule has 1 unspecified atom stereocenters. The number of carboxylic acids is 1. The van der Waals surface area contributed by atoms with E-state index in [0.29, 0.717) is 19.3 Å². The standard InChI is InChI=1S/C46H80NO10P/c1-3-5-7-9-11-13-15-17-18-19-20-21-22-23-24-26-27-29-31-33-35-37-44(48)54-39-42(40-55-58(52,53)56-41-43(47)46(50)51)57-45(49)38-36-34-32-30-28-25-16-14-12-10-8-6-4-2/h14,16,18-19,21-22,24,26,29,31,42-43H,3-13,15,17,20,23,25,27-28,30,32-41,47H2,1-2H3,(H,50,51)(H,52,53)/b16-14+,19-18+,22-21+,26-24+,31-29+/t42-,43-/m0/s1. The third-order valence-electron chi connectivity index (χ3n) is 9.24. The Morgan fingerprint density at radius 3 is 1.45 bits per heavy atom. The molecular weight excluding hydrogens is 757 g/mol. The number of phosphoric acid groups is 1. The van der Waals surface area contributed by atoms with Crippen LogP contribution in [0.1, 0.15) is 181 Å². The van der Waals surface area contributed by atoms with Gasteiger partial charge in [0.15, 0.2) is 6.10 Å². The SMILES string of the molecule is CCCCCC/C=C/CCCCCCCC(=O)O[C@@H](COC(=O)CCC/C=C/C/C=C/C/C=C/C/C=C/CCCCCCCCC)COP(=O)(O)OC[C@H](N)C(=O)O. The first-order valence-electron chi connectivity index (χ1n) is 22.3. The van der Waals surface area contributed by atoms with Crippen LogP contribution in [0.25, 0.3) is 0 Å². The van der Waals surface area contributed by atoms with Crippen LogP contribution in [0.3, 0.4) is 0 Å². The van der Waals surface area contributed by atoms with Crippen molar-refractivity contribution in [3.63, 3.8) is 0 Å². The molecule has 0 aromatic heterocycles. The van der Waals surface area contributed by atoms with Crippen LogP contribution < -0.4 is 5.73 Å². The van der Waals surface area contributed by atoms with Crippen LogP contribution in [-0.2, 0) is 37.5 Å². The zero-order valence-electron chi connectivity index (χ0n) is 36.1. The highest BCUT2D eigenvalue weighted by atomic mass is 31.2. The van der Waals surface area contributed by atoms with E-state index < -0.39 is 51.1 Å². The van der Waals surface area contributed by atoms with Gasteiger partial charge in [0.2, 0.25) is 0 Å². The second kappa shape index (κ2) is 40.9. The first kappa shape index (κ1) is 55.2. The maximum atomic E-state index is 12.6. The molecule has 4 N–H and O–H groups in total. The van der Waals surface area contributed by atoms with Gasteiger partial charge in [0.1, 0.15) is 12.6 Å². The van der Waals surface area contributed by atoms with Crippen molar-refractivity contribution in [3.8, 4) is 0 Å². The van der Waals surface area contributed by atoms with E-state index in [1.54, 1.807) is 0 Å². The molecule has 3 atom stereocenters. The van der Waals surface area contributed by atoms with Crippen molar-refractivity contribution >= 4 is 25.7 Å². The molecule has 0 aliphatic carbocycles. The normalized spacial score (nSPS) is 14.3. The Balaban J connectivity index is 4.44. The number of rotatable bonds is 41. The molecule has 334 valence electrons. The number of carboxylic acid groups (broad SMARTS) is 1. The molecule has 0 radical (unpaired) electrons. The van der Waals surface area contributed by atoms with Crippen molar-refractivity contribution in [2.45, 2.75) is 193 Å². The van der Waals surface area contributed by atoms with E-state index in [4.69, 9.17) is 24.8 Å². The van der Waals surface area contributed by atoms with Gasteiger partial charge in [0.05, 0.1) is 13.2 Å². The molecular formula is C46H80NO10P. The summed E-state index contributed by atoms with van der Waals surface area (Å²) < 4.78 is 32.6. The first-order chi connectivity index (χ1) is 28.1. The second-order valence-electron chi connectivity index (χ2n) is 14.8. The van der Waals surface area contributed by atoms with E-state index in [2.05, 4.69) is 73.1 Å². The molecule has 0 saturated heterocycles. The minimum absolute atomic E-state index is 0.137. The molecule has 0 aromatic rings. The predicted octanol–water partition coefficient (Wildman–Crippen LogP) is 12.0. The van der Waals surface area contributed by atoms with Crippen LogP contribution in [-0.4, -0.2) is 59.9 Å². The Morgan fingerprint density at radius 1 is 0.534 bits per heavy atom. The molecule has 0 saturated carbocycles. The lowest BCUT2D eigenvalue weighted by Gasteiger charge is -2.20. The van der Waals surface area contributed by atoms with E-state index in [0.717, 1.165) is 57.8 Å². The Bertz CT molecular complexity index is 1210. The monoisotopic (exact) mass is 838 g/mol. The van der Waals surface area contributed by atoms with Crippen LogP contribution in [0.5, 0.6) is 0 Å². The summed E-state index contributed by atoms with van der Waals surface area (Å²) in [6.45, 7) is 2.71. The van der Waals surface area contributed by atoms with Gasteiger partial charge < -0.3 is 25.2 Å². The summed E-state index contributed by atoms with van der Waals surface area (Å²) in [6, 6.07) is -1.53. The number of allylic oxidation sites excluding steroid dienone is 10. The number of hydrogen-bond acceptors (Lipinski definition) is 9. The van der Waals surface area contributed by atoms with Crippen LogP contribution in [0, 0.1) is 0 Å². The smallest absolute Gasteiger partial charge is 0.472 e. The first-order valence-corrected chi connectivity index (χ1v) is 23.8. The molecule has 58 heavy (non-hydrogen) atoms. The van der Waals surface area contributed by atoms with Crippen LogP contribution in [0.15, 0.2) is 60.8 Å². The Morgan fingerprint density at radius 2 is 0.931 bits per heavy atom. The average molecular weight is 838 g/mol. The van der Waals surface area contributed by atoms with Gasteiger partial charge in [-0.1, -0.05) is 152 Å². The predicted molar refractivity (Wildman–Crippen MR) is 235 cm³/mol. The zero-order valence-corrected chi connectivity index (χ0v) is 37.0. The molecule has 12 heteroatoms. The van der Waals surface area contributed by atoms with E-state index in [-0.39, 0.29) is 19.4 Å². The number of hydrogen-bond donors (Lipinski definition) is 3. The molecule has 0 heterocycles. The number of carbonyl (C=O) groups is 3. The highest BCUT2D eigenvalue weighted by molar-refractivity contribution is 7.47. The summed E-state index contributed by atoms with van der Waals surface area (Å²) in [5.74, 6) is -2.47. The van der Waals surface area contributed by atoms with Crippen molar-refractivity contribution in [1.82, 2.24) is 0 Å². The van der Waals surface area contributed by atoms with Crippen LogP contribution in [0.4, 0.5) is 0 Å². The van der Waals surface area contributed by atoms with Crippen molar-refractivity contribution in [2.75, 3.05) is 19.8 Å². The Kier molecular flexibility index (Phi) is 38.9. The summed E-state index contributed by atoms with van der Waals surface area (Å²) >= 11 is 0. The van der Waals surface area contributed by atoms with Crippen molar-refractivity contribution < 1.29 is 47.5 Å². The van der Waals surface area contributed by atoms with Gasteiger partial charge in [-0.25, -0.2) is 4.57 Å². The lowest BCUT2D eigenvalue weighted by Crippen LogP contribution is -2.34. The molecule has 0 spiro atoms. The minimum atomic E-state index is -4.73. The van der Waals surface area contributed by atoms with Gasteiger partial charge in [0, 0.05) is 12.8 Å². The Labute approximate surface area is 351 Å². The lowest BCUT2D eigenvalue weighted by atomic mass is 10.1. The summed E-state index contributed by atoms with van der Waals surface area (Å²) in [5, 5.41) is 8.88. The van der Waals surface area contributed by atoms with Crippen molar-refractivity contribution in [2.24, 2.45) is 5.73 Å². The van der Waals surface area contributed by atoms with Gasteiger partial charge in [0.25, 0.3) is 0 Å². The second-order valence-corrected chi connectivity index (χ2v) is 16.3. The van der Waals surface area contributed by atoms with Gasteiger partial charge in [-0.05, 0) is 77.0 Å². The van der Waals surface area contributed by atoms with Gasteiger partial charge >= 0.3 is 25.7 Å². The number of aliphatic carboxylic acids is 1. The lowest BCUT2D eigenvalue weighted by molar-refractivity contribution is -0.161. The number of phosphoric ester groups is 1. The van der Waals surface area contributed by atoms with Gasteiger partial charge in [-0.15, -0.1) is 0 Å². The summed E-state index contributed by atoms with van der Waals surface area (Å²) in [5.41, 5.74) is 5.33. The van der Waals surface area contributed by atoms with E-state index >= 15 is 0 Å². The maximum Gasteiger partial charge on any atom is 0.472 e.